The van der Waals surface area contributed by atoms with E-state index in [1.807, 2.05) is 6.07 Å². The van der Waals surface area contributed by atoms with Crippen LogP contribution >= 0.6 is 0 Å². The van der Waals surface area contributed by atoms with Crippen molar-refractivity contribution < 1.29 is 9.90 Å². The van der Waals surface area contributed by atoms with Crippen molar-refractivity contribution in [2.24, 2.45) is 0 Å². The molecule has 23 heavy (non-hydrogen) atoms. The van der Waals surface area contributed by atoms with Crippen LogP contribution in [-0.4, -0.2) is 17.6 Å². The molecule has 0 bridgehead atoms. The summed E-state index contributed by atoms with van der Waals surface area (Å²) in [5.41, 5.74) is 2.69. The molecule has 1 aromatic rings. The maximum absolute atomic E-state index is 11.0. The standard InChI is InChI=1S/C20H31NO2/c1-2-3-4-5-6-7-8-9-10-11-17-15-21-19-14-16(20(22)23)12-13-18(17)19/h12-14,17,21H,2-11,15H2,1H3,(H,22,23)/t17-/m1/s1. The highest BCUT2D eigenvalue weighted by molar-refractivity contribution is 5.89. The predicted molar refractivity (Wildman–Crippen MR) is 96.5 cm³/mol. The lowest BCUT2D eigenvalue weighted by Crippen LogP contribution is -2.01. The first kappa shape index (κ1) is 17.8. The van der Waals surface area contributed by atoms with Crippen molar-refractivity contribution in [1.29, 1.82) is 0 Å². The van der Waals surface area contributed by atoms with E-state index in [4.69, 9.17) is 5.11 Å². The fourth-order valence-electron chi connectivity index (χ4n) is 3.50. The first-order valence-electron chi connectivity index (χ1n) is 9.33. The highest BCUT2D eigenvalue weighted by atomic mass is 16.4. The van der Waals surface area contributed by atoms with Gasteiger partial charge in [-0.2, -0.15) is 0 Å². The third-order valence-electron chi connectivity index (χ3n) is 4.94. The lowest BCUT2D eigenvalue weighted by molar-refractivity contribution is 0.0697. The van der Waals surface area contributed by atoms with E-state index in [1.54, 1.807) is 12.1 Å². The summed E-state index contributed by atoms with van der Waals surface area (Å²) in [5.74, 6) is -0.297. The van der Waals surface area contributed by atoms with Gasteiger partial charge in [0.1, 0.15) is 0 Å². The zero-order valence-electron chi connectivity index (χ0n) is 14.4. The van der Waals surface area contributed by atoms with Crippen LogP contribution in [0, 0.1) is 0 Å². The smallest absolute Gasteiger partial charge is 0.335 e. The summed E-state index contributed by atoms with van der Waals surface area (Å²) in [6.07, 6.45) is 13.5. The Kier molecular flexibility index (Phi) is 7.44. The average molecular weight is 317 g/mol. The lowest BCUT2D eigenvalue weighted by atomic mass is 9.94. The molecule has 0 saturated carbocycles. The number of nitrogens with one attached hydrogen (secondary N) is 1. The fraction of sp³-hybridized carbons (Fsp3) is 0.650. The largest absolute Gasteiger partial charge is 0.478 e. The molecule has 1 aromatic carbocycles. The van der Waals surface area contributed by atoms with Crippen LogP contribution in [0.2, 0.25) is 0 Å². The van der Waals surface area contributed by atoms with Gasteiger partial charge in [0.15, 0.2) is 0 Å². The van der Waals surface area contributed by atoms with E-state index in [1.165, 1.54) is 69.8 Å². The molecule has 3 heteroatoms. The van der Waals surface area contributed by atoms with Gasteiger partial charge in [0.05, 0.1) is 5.56 Å². The van der Waals surface area contributed by atoms with Crippen molar-refractivity contribution in [2.45, 2.75) is 77.0 Å². The van der Waals surface area contributed by atoms with Gasteiger partial charge in [0.25, 0.3) is 0 Å². The monoisotopic (exact) mass is 317 g/mol. The molecule has 0 spiro atoms. The van der Waals surface area contributed by atoms with Gasteiger partial charge < -0.3 is 10.4 Å². The Morgan fingerprint density at radius 1 is 1.09 bits per heavy atom. The number of unbranched alkanes of at least 4 members (excludes halogenated alkanes) is 8. The van der Waals surface area contributed by atoms with Crippen molar-refractivity contribution in [3.05, 3.63) is 29.3 Å². The minimum atomic E-state index is -0.850. The number of benzene rings is 1. The normalized spacial score (nSPS) is 16.1. The number of anilines is 1. The number of rotatable bonds is 11. The molecule has 1 aliphatic rings. The summed E-state index contributed by atoms with van der Waals surface area (Å²) in [4.78, 5) is 11.0. The Bertz CT molecular complexity index is 498. The Hall–Kier alpha value is -1.51. The van der Waals surface area contributed by atoms with E-state index < -0.39 is 5.97 Å². The summed E-state index contributed by atoms with van der Waals surface area (Å²) in [6, 6.07) is 5.50. The Morgan fingerprint density at radius 3 is 2.39 bits per heavy atom. The van der Waals surface area contributed by atoms with Crippen LogP contribution in [0.5, 0.6) is 0 Å². The van der Waals surface area contributed by atoms with E-state index in [0.29, 0.717) is 11.5 Å². The minimum Gasteiger partial charge on any atom is -0.478 e. The SMILES string of the molecule is CCCCCCCCCCC[C@@H]1CNc2cc(C(=O)O)ccc21. The van der Waals surface area contributed by atoms with E-state index in [0.717, 1.165) is 12.2 Å². The molecule has 0 fully saturated rings. The van der Waals surface area contributed by atoms with Crippen LogP contribution in [0.1, 0.15) is 93.0 Å². The predicted octanol–water partition coefficient (Wildman–Crippen LogP) is 5.81. The highest BCUT2D eigenvalue weighted by Gasteiger charge is 2.22. The molecule has 2 rings (SSSR count). The van der Waals surface area contributed by atoms with Crippen LogP contribution < -0.4 is 5.32 Å². The molecule has 1 aliphatic heterocycles. The number of carbonyl (C=O) groups is 1. The van der Waals surface area contributed by atoms with Crippen molar-refractivity contribution >= 4 is 11.7 Å². The summed E-state index contributed by atoms with van der Waals surface area (Å²) in [5, 5.41) is 12.4. The molecule has 0 amide bonds. The first-order valence-corrected chi connectivity index (χ1v) is 9.33. The first-order chi connectivity index (χ1) is 11.2. The maximum Gasteiger partial charge on any atom is 0.335 e. The average Bonchev–Trinajstić information content (AvgIpc) is 2.95. The Morgan fingerprint density at radius 2 is 1.74 bits per heavy atom. The van der Waals surface area contributed by atoms with Crippen LogP contribution in [0.4, 0.5) is 5.69 Å². The molecule has 0 unspecified atom stereocenters. The van der Waals surface area contributed by atoms with Crippen molar-refractivity contribution in [1.82, 2.24) is 0 Å². The molecular formula is C20H31NO2. The van der Waals surface area contributed by atoms with Crippen LogP contribution in [-0.2, 0) is 0 Å². The summed E-state index contributed by atoms with van der Waals surface area (Å²) < 4.78 is 0. The molecule has 1 heterocycles. The van der Waals surface area contributed by atoms with Gasteiger partial charge in [0.2, 0.25) is 0 Å². The summed E-state index contributed by atoms with van der Waals surface area (Å²) in [7, 11) is 0. The molecule has 128 valence electrons. The van der Waals surface area contributed by atoms with Crippen LogP contribution in [0.3, 0.4) is 0 Å². The number of fused-ring (bicyclic) bond motifs is 1. The lowest BCUT2D eigenvalue weighted by Gasteiger charge is -2.10. The Labute approximate surface area is 140 Å². The number of aromatic carboxylic acids is 1. The van der Waals surface area contributed by atoms with Gasteiger partial charge in [-0.15, -0.1) is 0 Å². The van der Waals surface area contributed by atoms with E-state index in [9.17, 15) is 4.79 Å². The molecule has 1 atom stereocenters. The molecule has 3 nitrogen and oxygen atoms in total. The van der Waals surface area contributed by atoms with E-state index in [-0.39, 0.29) is 0 Å². The zero-order chi connectivity index (χ0) is 16.5. The molecule has 0 aliphatic carbocycles. The van der Waals surface area contributed by atoms with Gasteiger partial charge in [-0.25, -0.2) is 4.79 Å². The quantitative estimate of drug-likeness (QED) is 0.506. The Balaban J connectivity index is 1.62. The molecular weight excluding hydrogens is 286 g/mol. The van der Waals surface area contributed by atoms with Crippen molar-refractivity contribution in [3.8, 4) is 0 Å². The third kappa shape index (κ3) is 5.56. The fourth-order valence-corrected chi connectivity index (χ4v) is 3.50. The van der Waals surface area contributed by atoms with Crippen molar-refractivity contribution in [2.75, 3.05) is 11.9 Å². The van der Waals surface area contributed by atoms with Gasteiger partial charge in [0, 0.05) is 18.2 Å². The minimum absolute atomic E-state index is 0.375. The maximum atomic E-state index is 11.0. The molecule has 2 N–H and O–H groups in total. The number of carboxylic acids is 1. The molecule has 0 aromatic heterocycles. The second-order valence-electron chi connectivity index (χ2n) is 6.80. The summed E-state index contributed by atoms with van der Waals surface area (Å²) >= 11 is 0. The molecule has 0 saturated heterocycles. The zero-order valence-corrected chi connectivity index (χ0v) is 14.4. The topological polar surface area (TPSA) is 49.3 Å². The van der Waals surface area contributed by atoms with E-state index in [2.05, 4.69) is 12.2 Å². The highest BCUT2D eigenvalue weighted by Crippen LogP contribution is 2.35. The second kappa shape index (κ2) is 9.59. The number of carboxylic acid groups (broad SMARTS) is 1. The van der Waals surface area contributed by atoms with Gasteiger partial charge in [-0.3, -0.25) is 0 Å². The number of hydrogen-bond donors (Lipinski definition) is 2. The third-order valence-corrected chi connectivity index (χ3v) is 4.94. The van der Waals surface area contributed by atoms with Gasteiger partial charge in [-0.1, -0.05) is 70.8 Å². The molecule has 0 radical (unpaired) electrons. The second-order valence-corrected chi connectivity index (χ2v) is 6.80. The van der Waals surface area contributed by atoms with Gasteiger partial charge >= 0.3 is 5.97 Å². The summed E-state index contributed by atoms with van der Waals surface area (Å²) in [6.45, 7) is 3.22. The van der Waals surface area contributed by atoms with E-state index >= 15 is 0 Å². The van der Waals surface area contributed by atoms with Crippen LogP contribution in [0.15, 0.2) is 18.2 Å². The number of hydrogen-bond acceptors (Lipinski definition) is 2. The van der Waals surface area contributed by atoms with Crippen molar-refractivity contribution in [3.63, 3.8) is 0 Å². The van der Waals surface area contributed by atoms with Gasteiger partial charge in [-0.05, 0) is 24.1 Å². The van der Waals surface area contributed by atoms with Crippen LogP contribution in [0.25, 0.3) is 0 Å².